The molecule has 0 N–H and O–H groups in total. The van der Waals surface area contributed by atoms with E-state index >= 15 is 0 Å². The standard InChI is InChI=1S/C27H29FN2O2/c1-20-6-5-7-21(2)26(20)32-19-22-10-12-23(13-11-22)27(31)30-16-14-29(15-17-30)18-24-8-3-4-9-25(24)28/h3-13H,14-19H2,1-2H3. The molecule has 0 bridgehead atoms. The van der Waals surface area contributed by atoms with Gasteiger partial charge in [-0.15, -0.1) is 0 Å². The minimum Gasteiger partial charge on any atom is -0.488 e. The number of para-hydroxylation sites is 1. The van der Waals surface area contributed by atoms with Gasteiger partial charge in [-0.1, -0.05) is 48.5 Å². The molecule has 5 heteroatoms. The molecule has 1 saturated heterocycles. The van der Waals surface area contributed by atoms with Crippen LogP contribution in [-0.4, -0.2) is 41.9 Å². The molecule has 0 unspecified atom stereocenters. The van der Waals surface area contributed by atoms with E-state index in [2.05, 4.69) is 4.90 Å². The lowest BCUT2D eigenvalue weighted by Gasteiger charge is -2.34. The highest BCUT2D eigenvalue weighted by Gasteiger charge is 2.22. The number of rotatable bonds is 6. The summed E-state index contributed by atoms with van der Waals surface area (Å²) < 4.78 is 19.9. The zero-order valence-electron chi connectivity index (χ0n) is 18.7. The first-order chi connectivity index (χ1) is 15.5. The minimum atomic E-state index is -0.173. The van der Waals surface area contributed by atoms with Gasteiger partial charge >= 0.3 is 0 Å². The van der Waals surface area contributed by atoms with Gasteiger partial charge in [0.1, 0.15) is 18.2 Å². The number of nitrogens with zero attached hydrogens (tertiary/aromatic N) is 2. The molecular weight excluding hydrogens is 403 g/mol. The fourth-order valence-corrected chi connectivity index (χ4v) is 4.09. The van der Waals surface area contributed by atoms with Gasteiger partial charge in [-0.2, -0.15) is 0 Å². The summed E-state index contributed by atoms with van der Waals surface area (Å²) in [5, 5.41) is 0. The van der Waals surface area contributed by atoms with Crippen LogP contribution in [0, 0.1) is 19.7 Å². The molecule has 4 nitrogen and oxygen atoms in total. The maximum Gasteiger partial charge on any atom is 0.253 e. The molecule has 32 heavy (non-hydrogen) atoms. The average Bonchev–Trinajstić information content (AvgIpc) is 2.81. The Labute approximate surface area is 189 Å². The van der Waals surface area contributed by atoms with Gasteiger partial charge in [0.05, 0.1) is 0 Å². The Bertz CT molecular complexity index is 1050. The second kappa shape index (κ2) is 9.96. The van der Waals surface area contributed by atoms with E-state index in [0.717, 1.165) is 35.5 Å². The van der Waals surface area contributed by atoms with Crippen molar-refractivity contribution in [3.8, 4) is 5.75 Å². The van der Waals surface area contributed by atoms with E-state index in [4.69, 9.17) is 4.74 Å². The van der Waals surface area contributed by atoms with Crippen LogP contribution >= 0.6 is 0 Å². The highest BCUT2D eigenvalue weighted by molar-refractivity contribution is 5.94. The van der Waals surface area contributed by atoms with Crippen molar-refractivity contribution in [3.05, 3.63) is 100 Å². The molecule has 166 valence electrons. The summed E-state index contributed by atoms with van der Waals surface area (Å²) in [5.41, 5.74) is 4.64. The van der Waals surface area contributed by atoms with Gasteiger partial charge in [0.25, 0.3) is 5.91 Å². The molecule has 0 aromatic heterocycles. The van der Waals surface area contributed by atoms with Crippen LogP contribution in [0.5, 0.6) is 5.75 Å². The molecule has 0 radical (unpaired) electrons. The molecule has 1 aliphatic rings. The van der Waals surface area contributed by atoms with E-state index in [9.17, 15) is 9.18 Å². The molecular formula is C27H29FN2O2. The number of carbonyl (C=O) groups excluding carboxylic acids is 1. The van der Waals surface area contributed by atoms with Gasteiger partial charge < -0.3 is 9.64 Å². The molecule has 0 aliphatic carbocycles. The first-order valence-corrected chi connectivity index (χ1v) is 11.0. The highest BCUT2D eigenvalue weighted by atomic mass is 19.1. The zero-order valence-corrected chi connectivity index (χ0v) is 18.7. The third kappa shape index (κ3) is 5.17. The molecule has 0 atom stereocenters. The molecule has 1 amide bonds. The van der Waals surface area contributed by atoms with Crippen molar-refractivity contribution in [2.24, 2.45) is 0 Å². The Hall–Kier alpha value is -3.18. The van der Waals surface area contributed by atoms with Crippen molar-refractivity contribution in [3.63, 3.8) is 0 Å². The maximum atomic E-state index is 13.9. The number of hydrogen-bond acceptors (Lipinski definition) is 3. The molecule has 4 rings (SSSR count). The van der Waals surface area contributed by atoms with E-state index in [0.29, 0.717) is 37.4 Å². The predicted octanol–water partition coefficient (Wildman–Crippen LogP) is 4.98. The molecule has 1 heterocycles. The number of aryl methyl sites for hydroxylation is 2. The van der Waals surface area contributed by atoms with Crippen molar-refractivity contribution < 1.29 is 13.9 Å². The van der Waals surface area contributed by atoms with Gasteiger partial charge in [-0.25, -0.2) is 4.39 Å². The molecule has 0 saturated carbocycles. The van der Waals surface area contributed by atoms with Gasteiger partial charge in [0.2, 0.25) is 0 Å². The molecule has 3 aromatic carbocycles. The smallest absolute Gasteiger partial charge is 0.253 e. The quantitative estimate of drug-likeness (QED) is 0.551. The van der Waals surface area contributed by atoms with Gasteiger partial charge in [0.15, 0.2) is 0 Å². The first-order valence-electron chi connectivity index (χ1n) is 11.0. The summed E-state index contributed by atoms with van der Waals surface area (Å²) in [6.45, 7) is 7.89. The summed E-state index contributed by atoms with van der Waals surface area (Å²) in [6, 6.07) is 20.6. The maximum absolute atomic E-state index is 13.9. The number of ether oxygens (including phenoxy) is 1. The number of halogens is 1. The van der Waals surface area contributed by atoms with E-state index < -0.39 is 0 Å². The number of benzene rings is 3. The highest BCUT2D eigenvalue weighted by Crippen LogP contribution is 2.23. The third-order valence-corrected chi connectivity index (χ3v) is 6.00. The van der Waals surface area contributed by atoms with Crippen molar-refractivity contribution in [2.75, 3.05) is 26.2 Å². The SMILES string of the molecule is Cc1cccc(C)c1OCc1ccc(C(=O)N2CCN(Cc3ccccc3F)CC2)cc1. The van der Waals surface area contributed by atoms with Gasteiger partial charge in [-0.05, 0) is 48.7 Å². The summed E-state index contributed by atoms with van der Waals surface area (Å²) in [5.74, 6) is 0.784. The topological polar surface area (TPSA) is 32.8 Å². The number of amides is 1. The van der Waals surface area contributed by atoms with E-state index in [-0.39, 0.29) is 11.7 Å². The van der Waals surface area contributed by atoms with E-state index in [1.165, 1.54) is 6.07 Å². The van der Waals surface area contributed by atoms with Crippen molar-refractivity contribution in [1.29, 1.82) is 0 Å². The zero-order chi connectivity index (χ0) is 22.5. The molecule has 1 fully saturated rings. The minimum absolute atomic E-state index is 0.0396. The van der Waals surface area contributed by atoms with Crippen molar-refractivity contribution in [2.45, 2.75) is 27.0 Å². The van der Waals surface area contributed by atoms with Crippen LogP contribution in [0.2, 0.25) is 0 Å². The molecule has 3 aromatic rings. The van der Waals surface area contributed by atoms with E-state index in [1.54, 1.807) is 6.07 Å². The fraction of sp³-hybridized carbons (Fsp3) is 0.296. The Balaban J connectivity index is 1.30. The Morgan fingerprint density at radius 2 is 1.53 bits per heavy atom. The number of hydrogen-bond donors (Lipinski definition) is 0. The Morgan fingerprint density at radius 3 is 2.19 bits per heavy atom. The number of piperazine rings is 1. The lowest BCUT2D eigenvalue weighted by Crippen LogP contribution is -2.48. The van der Waals surface area contributed by atoms with Crippen LogP contribution in [-0.2, 0) is 13.2 Å². The summed E-state index contributed by atoms with van der Waals surface area (Å²) in [6.07, 6.45) is 0. The van der Waals surface area contributed by atoms with Gasteiger partial charge in [0, 0.05) is 43.9 Å². The lowest BCUT2D eigenvalue weighted by atomic mass is 10.1. The second-order valence-electron chi connectivity index (χ2n) is 8.37. The number of carbonyl (C=O) groups is 1. The second-order valence-corrected chi connectivity index (χ2v) is 8.37. The summed E-state index contributed by atoms with van der Waals surface area (Å²) in [7, 11) is 0. The van der Waals surface area contributed by atoms with Crippen LogP contribution in [0.3, 0.4) is 0 Å². The first kappa shape index (κ1) is 22.0. The van der Waals surface area contributed by atoms with Crippen LogP contribution in [0.25, 0.3) is 0 Å². The monoisotopic (exact) mass is 432 g/mol. The predicted molar refractivity (Wildman–Crippen MR) is 124 cm³/mol. The third-order valence-electron chi connectivity index (χ3n) is 6.00. The van der Waals surface area contributed by atoms with Crippen molar-refractivity contribution >= 4 is 5.91 Å². The van der Waals surface area contributed by atoms with Crippen LogP contribution in [0.4, 0.5) is 4.39 Å². The molecule has 1 aliphatic heterocycles. The van der Waals surface area contributed by atoms with Crippen LogP contribution in [0.15, 0.2) is 66.7 Å². The summed E-state index contributed by atoms with van der Waals surface area (Å²) >= 11 is 0. The van der Waals surface area contributed by atoms with Gasteiger partial charge in [-0.3, -0.25) is 9.69 Å². The van der Waals surface area contributed by atoms with Crippen LogP contribution < -0.4 is 4.74 Å². The van der Waals surface area contributed by atoms with E-state index in [1.807, 2.05) is 73.3 Å². The molecule has 0 spiro atoms. The Kier molecular flexibility index (Phi) is 6.86. The van der Waals surface area contributed by atoms with Crippen molar-refractivity contribution in [1.82, 2.24) is 9.80 Å². The average molecular weight is 433 g/mol. The lowest BCUT2D eigenvalue weighted by molar-refractivity contribution is 0.0627. The summed E-state index contributed by atoms with van der Waals surface area (Å²) in [4.78, 5) is 17.0. The van der Waals surface area contributed by atoms with Crippen LogP contribution in [0.1, 0.15) is 32.6 Å². The fourth-order valence-electron chi connectivity index (χ4n) is 4.09. The normalized spacial score (nSPS) is 14.4. The largest absolute Gasteiger partial charge is 0.488 e. The Morgan fingerprint density at radius 1 is 0.875 bits per heavy atom.